The van der Waals surface area contributed by atoms with Crippen molar-refractivity contribution in [2.75, 3.05) is 4.90 Å². The van der Waals surface area contributed by atoms with Crippen LogP contribution >= 0.6 is 46.3 Å². The molecule has 0 fully saturated rings. The number of carbonyl (C=O) groups excluding carboxylic acids is 2. The minimum atomic E-state index is -1.03. The minimum Gasteiger partial charge on any atom is -0.503 e. The van der Waals surface area contributed by atoms with Gasteiger partial charge in [0, 0.05) is 15.8 Å². The molecule has 2 heterocycles. The van der Waals surface area contributed by atoms with E-state index in [1.165, 1.54) is 47.0 Å². The van der Waals surface area contributed by atoms with Gasteiger partial charge in [0.25, 0.3) is 5.91 Å². The molecule has 0 saturated heterocycles. The molecule has 0 saturated carbocycles. The van der Waals surface area contributed by atoms with Gasteiger partial charge >= 0.3 is 0 Å². The van der Waals surface area contributed by atoms with E-state index in [-0.39, 0.29) is 10.7 Å². The maximum Gasteiger partial charge on any atom is 0.296 e. The molecule has 1 amide bonds. The van der Waals surface area contributed by atoms with Crippen molar-refractivity contribution in [2.45, 2.75) is 16.1 Å². The van der Waals surface area contributed by atoms with Crippen LogP contribution in [0.2, 0.25) is 10.0 Å². The van der Waals surface area contributed by atoms with Crippen molar-refractivity contribution in [3.05, 3.63) is 123 Å². The molecule has 0 aliphatic carbocycles. The molecule has 1 aliphatic rings. The molecule has 1 atom stereocenters. The number of halogens is 3. The van der Waals surface area contributed by atoms with Crippen LogP contribution in [-0.2, 0) is 15.3 Å². The van der Waals surface area contributed by atoms with E-state index in [9.17, 15) is 19.1 Å². The van der Waals surface area contributed by atoms with E-state index in [0.717, 1.165) is 22.5 Å². The first-order valence-electron chi connectivity index (χ1n) is 11.5. The fourth-order valence-electron chi connectivity index (χ4n) is 3.98. The Morgan fingerprint density at radius 3 is 2.54 bits per heavy atom. The molecule has 39 heavy (non-hydrogen) atoms. The maximum absolute atomic E-state index is 13.7. The molecule has 3 aromatic carbocycles. The molecule has 6 nitrogen and oxygen atoms in total. The summed E-state index contributed by atoms with van der Waals surface area (Å²) in [5.74, 6) is -2.04. The molecule has 11 heteroatoms. The predicted molar refractivity (Wildman–Crippen MR) is 153 cm³/mol. The van der Waals surface area contributed by atoms with E-state index in [0.29, 0.717) is 25.7 Å². The summed E-state index contributed by atoms with van der Waals surface area (Å²) in [6, 6.07) is 18.7. The molecule has 4 aromatic rings. The molecule has 1 aliphatic heterocycles. The van der Waals surface area contributed by atoms with Crippen molar-refractivity contribution >= 4 is 69.2 Å². The summed E-state index contributed by atoms with van der Waals surface area (Å²) in [5, 5.41) is 20.4. The van der Waals surface area contributed by atoms with Crippen LogP contribution in [0.5, 0.6) is 0 Å². The quantitative estimate of drug-likeness (QED) is 0.129. The highest BCUT2D eigenvalue weighted by Crippen LogP contribution is 2.43. The van der Waals surface area contributed by atoms with Gasteiger partial charge in [-0.05, 0) is 47.0 Å². The van der Waals surface area contributed by atoms with Crippen LogP contribution < -0.4 is 4.90 Å². The van der Waals surface area contributed by atoms with E-state index >= 15 is 0 Å². The summed E-state index contributed by atoms with van der Waals surface area (Å²) in [6.45, 7) is 0. The monoisotopic (exact) mass is 597 g/mol. The Morgan fingerprint density at radius 1 is 1.08 bits per heavy atom. The standard InChI is InChI=1S/C28H18Cl2FN3O3S2/c29-19-10-7-18(21(30)14-19)15-38-28-33-32-27(39-28)34-24(17-8-11-20(31)12-9-17)23(25(36)26(34)37)22(35)13-6-16-4-2-1-3-5-16/h1-14,24,36H,15H2/b13-6+. The highest BCUT2D eigenvalue weighted by atomic mass is 35.5. The number of aliphatic hydroxyl groups is 1. The average Bonchev–Trinajstić information content (AvgIpc) is 3.50. The van der Waals surface area contributed by atoms with Gasteiger partial charge in [-0.25, -0.2) is 4.39 Å². The zero-order chi connectivity index (χ0) is 27.5. The Morgan fingerprint density at radius 2 is 1.82 bits per heavy atom. The zero-order valence-electron chi connectivity index (χ0n) is 19.9. The Labute approximate surface area is 241 Å². The third-order valence-corrected chi connectivity index (χ3v) is 8.55. The highest BCUT2D eigenvalue weighted by molar-refractivity contribution is 8.00. The number of rotatable bonds is 8. The highest BCUT2D eigenvalue weighted by Gasteiger charge is 2.45. The van der Waals surface area contributed by atoms with Gasteiger partial charge in [0.05, 0.1) is 11.6 Å². The second-order valence-corrected chi connectivity index (χ2v) is 11.4. The average molecular weight is 599 g/mol. The molecule has 1 N–H and O–H groups in total. The van der Waals surface area contributed by atoms with Crippen LogP contribution in [0.15, 0.2) is 94.5 Å². The number of aliphatic hydroxyl groups excluding tert-OH is 1. The van der Waals surface area contributed by atoms with Crippen molar-refractivity contribution < 1.29 is 19.1 Å². The first kappa shape index (κ1) is 27.1. The van der Waals surface area contributed by atoms with Gasteiger partial charge in [0.1, 0.15) is 5.82 Å². The summed E-state index contributed by atoms with van der Waals surface area (Å²) in [7, 11) is 0. The number of allylic oxidation sites excluding steroid dienone is 1. The van der Waals surface area contributed by atoms with Crippen LogP contribution in [0.1, 0.15) is 22.7 Å². The van der Waals surface area contributed by atoms with Gasteiger partial charge in [0.15, 0.2) is 15.9 Å². The summed E-state index contributed by atoms with van der Waals surface area (Å²) >= 11 is 14.7. The number of ketones is 1. The molecule has 1 aromatic heterocycles. The summed E-state index contributed by atoms with van der Waals surface area (Å²) in [6.07, 6.45) is 2.89. The van der Waals surface area contributed by atoms with Gasteiger partial charge in [-0.15, -0.1) is 10.2 Å². The lowest BCUT2D eigenvalue weighted by molar-refractivity contribution is -0.117. The molecule has 0 bridgehead atoms. The van der Waals surface area contributed by atoms with E-state index in [2.05, 4.69) is 10.2 Å². The number of aromatic nitrogens is 2. The van der Waals surface area contributed by atoms with Crippen LogP contribution in [0, 0.1) is 5.82 Å². The normalized spacial score (nSPS) is 15.5. The smallest absolute Gasteiger partial charge is 0.296 e. The zero-order valence-corrected chi connectivity index (χ0v) is 23.1. The first-order chi connectivity index (χ1) is 18.8. The van der Waals surface area contributed by atoms with Crippen LogP contribution in [0.25, 0.3) is 6.08 Å². The van der Waals surface area contributed by atoms with Crippen molar-refractivity contribution in [1.29, 1.82) is 0 Å². The molecule has 0 radical (unpaired) electrons. The van der Waals surface area contributed by atoms with E-state index in [4.69, 9.17) is 23.2 Å². The van der Waals surface area contributed by atoms with Gasteiger partial charge < -0.3 is 5.11 Å². The van der Waals surface area contributed by atoms with Crippen molar-refractivity contribution in [2.24, 2.45) is 0 Å². The minimum absolute atomic E-state index is 0.129. The van der Waals surface area contributed by atoms with Crippen molar-refractivity contribution in [1.82, 2.24) is 10.2 Å². The lowest BCUT2D eigenvalue weighted by Gasteiger charge is -2.23. The summed E-state index contributed by atoms with van der Waals surface area (Å²) < 4.78 is 14.3. The first-order valence-corrected chi connectivity index (χ1v) is 14.1. The Balaban J connectivity index is 1.45. The number of nitrogens with zero attached hydrogens (tertiary/aromatic N) is 3. The Kier molecular flexibility index (Phi) is 8.13. The fraction of sp³-hybridized carbons (Fsp3) is 0.0714. The molecule has 5 rings (SSSR count). The molecular weight excluding hydrogens is 580 g/mol. The van der Waals surface area contributed by atoms with Gasteiger partial charge in [-0.2, -0.15) is 0 Å². The SMILES string of the molecule is O=C(/C=C/c1ccccc1)C1=C(O)C(=O)N(c2nnc(SCc3ccc(Cl)cc3Cl)s2)C1c1ccc(F)cc1. The topological polar surface area (TPSA) is 83.4 Å². The van der Waals surface area contributed by atoms with E-state index < -0.39 is 29.3 Å². The maximum atomic E-state index is 13.7. The van der Waals surface area contributed by atoms with Crippen LogP contribution in [0.3, 0.4) is 0 Å². The number of carbonyl (C=O) groups is 2. The summed E-state index contributed by atoms with van der Waals surface area (Å²) in [5.41, 5.74) is 1.93. The fourth-order valence-corrected chi connectivity index (χ4v) is 6.40. The van der Waals surface area contributed by atoms with Crippen molar-refractivity contribution in [3.8, 4) is 0 Å². The third kappa shape index (κ3) is 5.91. The Bertz CT molecular complexity index is 1610. The number of thioether (sulfide) groups is 1. The number of benzene rings is 3. The van der Waals surface area contributed by atoms with Gasteiger partial charge in [-0.3, -0.25) is 14.5 Å². The van der Waals surface area contributed by atoms with Crippen LogP contribution in [-0.4, -0.2) is 27.0 Å². The van der Waals surface area contributed by atoms with Crippen molar-refractivity contribution in [3.63, 3.8) is 0 Å². The number of anilines is 1. The second-order valence-electron chi connectivity index (χ2n) is 8.37. The number of hydrogen-bond acceptors (Lipinski definition) is 7. The Hall–Kier alpha value is -3.50. The van der Waals surface area contributed by atoms with Gasteiger partial charge in [-0.1, -0.05) is 101 Å². The largest absolute Gasteiger partial charge is 0.503 e. The lowest BCUT2D eigenvalue weighted by atomic mass is 9.96. The van der Waals surface area contributed by atoms with Crippen LogP contribution in [0.4, 0.5) is 9.52 Å². The lowest BCUT2D eigenvalue weighted by Crippen LogP contribution is -2.30. The molecule has 196 valence electrons. The van der Waals surface area contributed by atoms with E-state index in [1.807, 2.05) is 36.4 Å². The predicted octanol–water partition coefficient (Wildman–Crippen LogP) is 7.46. The molecule has 1 unspecified atom stereocenters. The molecule has 0 spiro atoms. The molecular formula is C28H18Cl2FN3O3S2. The third-order valence-electron chi connectivity index (χ3n) is 5.85. The summed E-state index contributed by atoms with van der Waals surface area (Å²) in [4.78, 5) is 27.8. The number of amides is 1. The number of hydrogen-bond donors (Lipinski definition) is 1. The van der Waals surface area contributed by atoms with E-state index in [1.54, 1.807) is 18.2 Å². The second kappa shape index (κ2) is 11.7. The van der Waals surface area contributed by atoms with Gasteiger partial charge in [0.2, 0.25) is 5.13 Å².